The molecule has 0 rings (SSSR count). The van der Waals surface area contributed by atoms with Gasteiger partial charge in [0.2, 0.25) is 17.7 Å². The van der Waals surface area contributed by atoms with E-state index in [1.807, 2.05) is 13.8 Å². The minimum absolute atomic E-state index is 0.0375. The van der Waals surface area contributed by atoms with Crippen LogP contribution in [-0.2, 0) is 24.0 Å². The third-order valence-electron chi connectivity index (χ3n) is 4.54. The number of nitrogens with two attached hydrogens (primary N) is 1. The summed E-state index contributed by atoms with van der Waals surface area (Å²) in [5.74, 6) is -5.19. The lowest BCUT2D eigenvalue weighted by atomic mass is 9.97. The van der Waals surface area contributed by atoms with Gasteiger partial charge in [-0.25, -0.2) is 4.79 Å². The maximum Gasteiger partial charge on any atom is 0.326 e. The molecule has 0 fully saturated rings. The predicted molar refractivity (Wildman–Crippen MR) is 108 cm³/mol. The van der Waals surface area contributed by atoms with Gasteiger partial charge in [-0.05, 0) is 25.2 Å². The molecular weight excluding hydrogens is 396 g/mol. The highest BCUT2D eigenvalue weighted by Crippen LogP contribution is 2.11. The molecule has 0 heterocycles. The molecule has 0 spiro atoms. The van der Waals surface area contributed by atoms with Crippen molar-refractivity contribution in [1.82, 2.24) is 16.0 Å². The van der Waals surface area contributed by atoms with Gasteiger partial charge in [0.1, 0.15) is 18.1 Å². The van der Waals surface area contributed by atoms with E-state index < -0.39 is 60.2 Å². The topological polar surface area (TPSA) is 188 Å². The Morgan fingerprint density at radius 2 is 1.33 bits per heavy atom. The first-order valence-electron chi connectivity index (χ1n) is 9.91. The zero-order valence-corrected chi connectivity index (χ0v) is 18.1. The first kappa shape index (κ1) is 27.3. The largest absolute Gasteiger partial charge is 0.481 e. The highest BCUT2D eigenvalue weighted by atomic mass is 16.4. The number of carbonyl (C=O) groups excluding carboxylic acids is 3. The van der Waals surface area contributed by atoms with Crippen molar-refractivity contribution in [2.45, 2.75) is 78.0 Å². The van der Waals surface area contributed by atoms with Crippen molar-refractivity contribution in [3.63, 3.8) is 0 Å². The Bertz CT molecular complexity index is 636. The van der Waals surface area contributed by atoms with E-state index in [9.17, 15) is 29.1 Å². The summed E-state index contributed by atoms with van der Waals surface area (Å²) in [6.45, 7) is 8.46. The van der Waals surface area contributed by atoms with Crippen molar-refractivity contribution >= 4 is 29.7 Å². The number of rotatable bonds is 13. The van der Waals surface area contributed by atoms with Gasteiger partial charge in [0.25, 0.3) is 0 Å². The number of amides is 3. The second kappa shape index (κ2) is 12.8. The highest BCUT2D eigenvalue weighted by molar-refractivity contribution is 5.95. The Labute approximate surface area is 176 Å². The molecule has 0 aromatic carbocycles. The third-order valence-corrected chi connectivity index (χ3v) is 4.54. The molecule has 5 atom stereocenters. The van der Waals surface area contributed by atoms with E-state index in [0.29, 0.717) is 6.42 Å². The number of nitrogens with one attached hydrogen (secondary N) is 3. The van der Waals surface area contributed by atoms with Crippen LogP contribution in [0, 0.1) is 11.8 Å². The van der Waals surface area contributed by atoms with Crippen LogP contribution in [0.3, 0.4) is 0 Å². The molecule has 0 aliphatic carbocycles. The molecule has 0 saturated heterocycles. The second-order valence-corrected chi connectivity index (χ2v) is 7.85. The fourth-order valence-electron chi connectivity index (χ4n) is 2.60. The van der Waals surface area contributed by atoms with Gasteiger partial charge in [0, 0.05) is 0 Å². The van der Waals surface area contributed by atoms with Gasteiger partial charge in [0.05, 0.1) is 12.5 Å². The molecule has 0 bridgehead atoms. The molecule has 30 heavy (non-hydrogen) atoms. The van der Waals surface area contributed by atoms with Crippen LogP contribution in [0.25, 0.3) is 0 Å². The summed E-state index contributed by atoms with van der Waals surface area (Å²) in [5, 5.41) is 25.5. The quantitative estimate of drug-likeness (QED) is 0.224. The lowest BCUT2D eigenvalue weighted by molar-refractivity contribution is -0.144. The smallest absolute Gasteiger partial charge is 0.326 e. The molecule has 0 saturated carbocycles. The molecule has 172 valence electrons. The molecule has 0 aliphatic rings. The number of carboxylic acid groups (broad SMARTS) is 2. The molecule has 3 amide bonds. The van der Waals surface area contributed by atoms with Crippen LogP contribution < -0.4 is 21.7 Å². The minimum Gasteiger partial charge on any atom is -0.481 e. The molecule has 0 aromatic rings. The number of aliphatic carboxylic acids is 2. The SMILES string of the molecule is CCC(C)C(NC(=O)C(CC(C)C)NC(=O)C(CC(=O)O)NC(=O)C(C)N)C(=O)O. The van der Waals surface area contributed by atoms with Gasteiger partial charge < -0.3 is 31.9 Å². The summed E-state index contributed by atoms with van der Waals surface area (Å²) < 4.78 is 0. The first-order valence-corrected chi connectivity index (χ1v) is 9.91. The Kier molecular flexibility index (Phi) is 11.6. The number of hydrogen-bond acceptors (Lipinski definition) is 6. The molecular formula is C19H34N4O7. The van der Waals surface area contributed by atoms with E-state index in [-0.39, 0.29) is 18.3 Å². The van der Waals surface area contributed by atoms with E-state index in [1.165, 1.54) is 6.92 Å². The summed E-state index contributed by atoms with van der Waals surface area (Å²) in [6, 6.07) is -4.64. The standard InChI is InChI=1S/C19H34N4O7/c1-6-10(4)15(19(29)30)23-18(28)12(7-9(2)3)22-17(27)13(8-14(24)25)21-16(26)11(5)20/h9-13,15H,6-8,20H2,1-5H3,(H,21,26)(H,22,27)(H,23,28)(H,24,25)(H,29,30). The van der Waals surface area contributed by atoms with Crippen LogP contribution in [-0.4, -0.2) is 64.0 Å². The van der Waals surface area contributed by atoms with E-state index >= 15 is 0 Å². The summed E-state index contributed by atoms with van der Waals surface area (Å²) in [6.07, 6.45) is -0.00117. The Hall–Kier alpha value is -2.69. The molecule has 0 radical (unpaired) electrons. The maximum absolute atomic E-state index is 12.7. The van der Waals surface area contributed by atoms with Crippen LogP contribution in [0.5, 0.6) is 0 Å². The lowest BCUT2D eigenvalue weighted by Crippen LogP contribution is -2.58. The fraction of sp³-hybridized carbons (Fsp3) is 0.737. The van der Waals surface area contributed by atoms with Crippen LogP contribution >= 0.6 is 0 Å². The normalized spacial score (nSPS) is 16.0. The minimum atomic E-state index is -1.44. The zero-order valence-electron chi connectivity index (χ0n) is 18.1. The van der Waals surface area contributed by atoms with Crippen LogP contribution in [0.1, 0.15) is 53.9 Å². The van der Waals surface area contributed by atoms with Gasteiger partial charge >= 0.3 is 11.9 Å². The number of carboxylic acids is 2. The third kappa shape index (κ3) is 9.68. The molecule has 0 aromatic heterocycles. The second-order valence-electron chi connectivity index (χ2n) is 7.85. The number of carbonyl (C=O) groups is 5. The van der Waals surface area contributed by atoms with E-state index in [1.54, 1.807) is 13.8 Å². The monoisotopic (exact) mass is 430 g/mol. The summed E-state index contributed by atoms with van der Waals surface area (Å²) in [7, 11) is 0. The predicted octanol–water partition coefficient (Wildman–Crippen LogP) is -0.560. The van der Waals surface area contributed by atoms with Crippen molar-refractivity contribution in [3.8, 4) is 0 Å². The van der Waals surface area contributed by atoms with Crippen molar-refractivity contribution in [3.05, 3.63) is 0 Å². The van der Waals surface area contributed by atoms with Gasteiger partial charge in [-0.2, -0.15) is 0 Å². The zero-order chi connectivity index (χ0) is 23.6. The van der Waals surface area contributed by atoms with Gasteiger partial charge in [0.15, 0.2) is 0 Å². The van der Waals surface area contributed by atoms with E-state index in [4.69, 9.17) is 10.8 Å². The Balaban J connectivity index is 5.50. The molecule has 7 N–H and O–H groups in total. The van der Waals surface area contributed by atoms with Crippen molar-refractivity contribution in [2.75, 3.05) is 0 Å². The average molecular weight is 431 g/mol. The van der Waals surface area contributed by atoms with Crippen LogP contribution in [0.2, 0.25) is 0 Å². The summed E-state index contributed by atoms with van der Waals surface area (Å²) in [4.78, 5) is 59.7. The lowest BCUT2D eigenvalue weighted by Gasteiger charge is -2.27. The molecule has 11 heteroatoms. The Morgan fingerprint density at radius 1 is 0.833 bits per heavy atom. The van der Waals surface area contributed by atoms with Crippen molar-refractivity contribution in [2.24, 2.45) is 17.6 Å². The van der Waals surface area contributed by atoms with Crippen LogP contribution in [0.15, 0.2) is 0 Å². The van der Waals surface area contributed by atoms with Crippen molar-refractivity contribution < 1.29 is 34.2 Å². The molecule has 5 unspecified atom stereocenters. The summed E-state index contributed by atoms with van der Waals surface area (Å²) >= 11 is 0. The van der Waals surface area contributed by atoms with Crippen molar-refractivity contribution in [1.29, 1.82) is 0 Å². The maximum atomic E-state index is 12.7. The molecule has 0 aliphatic heterocycles. The fourth-order valence-corrected chi connectivity index (χ4v) is 2.60. The summed E-state index contributed by atoms with van der Waals surface area (Å²) in [5.41, 5.74) is 5.44. The average Bonchev–Trinajstić information content (AvgIpc) is 2.62. The van der Waals surface area contributed by atoms with Gasteiger partial charge in [-0.1, -0.05) is 34.1 Å². The van der Waals surface area contributed by atoms with Gasteiger partial charge in [-0.3, -0.25) is 19.2 Å². The molecule has 11 nitrogen and oxygen atoms in total. The van der Waals surface area contributed by atoms with E-state index in [2.05, 4.69) is 16.0 Å². The number of hydrogen-bond donors (Lipinski definition) is 6. The van der Waals surface area contributed by atoms with Crippen LogP contribution in [0.4, 0.5) is 0 Å². The van der Waals surface area contributed by atoms with E-state index in [0.717, 1.165) is 0 Å². The van der Waals surface area contributed by atoms with Gasteiger partial charge in [-0.15, -0.1) is 0 Å². The highest BCUT2D eigenvalue weighted by Gasteiger charge is 2.32. The Morgan fingerprint density at radius 3 is 1.73 bits per heavy atom. The first-order chi connectivity index (χ1) is 13.8.